The van der Waals surface area contributed by atoms with Gasteiger partial charge in [-0.2, -0.15) is 4.68 Å². The van der Waals surface area contributed by atoms with Crippen LogP contribution in [0.4, 0.5) is 0 Å². The molecule has 0 spiro atoms. The minimum Gasteiger partial charge on any atom is -0.454 e. The molecule has 0 unspecified atom stereocenters. The lowest BCUT2D eigenvalue weighted by Gasteiger charge is -2.34. The number of ether oxygens (including phenoxy) is 2. The van der Waals surface area contributed by atoms with Crippen molar-refractivity contribution in [3.63, 3.8) is 0 Å². The van der Waals surface area contributed by atoms with Gasteiger partial charge in [0.1, 0.15) is 0 Å². The summed E-state index contributed by atoms with van der Waals surface area (Å²) >= 11 is 0. The van der Waals surface area contributed by atoms with Crippen molar-refractivity contribution in [2.24, 2.45) is 0 Å². The van der Waals surface area contributed by atoms with Crippen LogP contribution in [0, 0.1) is 6.92 Å². The van der Waals surface area contributed by atoms with Crippen molar-refractivity contribution in [2.45, 2.75) is 32.2 Å². The van der Waals surface area contributed by atoms with Crippen LogP contribution in [0.1, 0.15) is 42.3 Å². The van der Waals surface area contributed by atoms with Gasteiger partial charge in [0, 0.05) is 0 Å². The van der Waals surface area contributed by atoms with Crippen LogP contribution >= 0.6 is 0 Å². The molecule has 1 fully saturated rings. The fraction of sp³-hybridized carbons (Fsp3) is 0.381. The Balaban J connectivity index is 1.59. The zero-order valence-electron chi connectivity index (χ0n) is 15.9. The third-order valence-electron chi connectivity index (χ3n) is 5.48. The van der Waals surface area contributed by atoms with Gasteiger partial charge in [-0.3, -0.25) is 4.90 Å². The Morgan fingerprint density at radius 1 is 0.929 bits per heavy atom. The van der Waals surface area contributed by atoms with E-state index in [-0.39, 0.29) is 12.8 Å². The van der Waals surface area contributed by atoms with Gasteiger partial charge in [-0.15, -0.1) is 5.10 Å². The van der Waals surface area contributed by atoms with Gasteiger partial charge in [-0.1, -0.05) is 30.2 Å². The lowest BCUT2D eigenvalue weighted by Crippen LogP contribution is -2.35. The molecule has 0 aliphatic carbocycles. The maximum atomic E-state index is 5.62. The molecule has 3 aromatic rings. The fourth-order valence-corrected chi connectivity index (χ4v) is 4.02. The van der Waals surface area contributed by atoms with Gasteiger partial charge in [0.15, 0.2) is 17.3 Å². The molecule has 0 N–H and O–H groups in total. The number of likely N-dealkylation sites (tertiary alicyclic amines) is 1. The SMILES string of the molecule is Cc1ccc(-n2nnnc2[C@@H](c2ccc3c(c2)OCO3)N2CCCCC2)cc1. The Kier molecular flexibility index (Phi) is 4.44. The Morgan fingerprint density at radius 2 is 1.71 bits per heavy atom. The van der Waals surface area contributed by atoms with E-state index in [0.29, 0.717) is 0 Å². The number of hydrogen-bond acceptors (Lipinski definition) is 6. The second kappa shape index (κ2) is 7.24. The van der Waals surface area contributed by atoms with E-state index in [0.717, 1.165) is 41.7 Å². The number of nitrogens with zero attached hydrogens (tertiary/aromatic N) is 5. The van der Waals surface area contributed by atoms with Crippen LogP contribution in [0.5, 0.6) is 11.5 Å². The highest BCUT2D eigenvalue weighted by atomic mass is 16.7. The first-order chi connectivity index (χ1) is 13.8. The lowest BCUT2D eigenvalue weighted by atomic mass is 10.00. The predicted molar refractivity (Wildman–Crippen MR) is 104 cm³/mol. The summed E-state index contributed by atoms with van der Waals surface area (Å²) in [7, 11) is 0. The molecule has 0 amide bonds. The molecule has 0 saturated carbocycles. The molecule has 28 heavy (non-hydrogen) atoms. The largest absolute Gasteiger partial charge is 0.454 e. The first-order valence-electron chi connectivity index (χ1n) is 9.78. The summed E-state index contributed by atoms with van der Waals surface area (Å²) in [6.07, 6.45) is 3.65. The Morgan fingerprint density at radius 3 is 2.54 bits per heavy atom. The average molecular weight is 377 g/mol. The molecule has 0 bridgehead atoms. The van der Waals surface area contributed by atoms with Gasteiger partial charge in [0.25, 0.3) is 0 Å². The molecule has 2 aliphatic rings. The predicted octanol–water partition coefficient (Wildman–Crippen LogP) is 3.27. The highest BCUT2D eigenvalue weighted by Gasteiger charge is 2.30. The van der Waals surface area contributed by atoms with Crippen LogP contribution in [-0.4, -0.2) is 45.0 Å². The molecule has 2 aromatic carbocycles. The molecule has 7 heteroatoms. The van der Waals surface area contributed by atoms with Gasteiger partial charge < -0.3 is 9.47 Å². The van der Waals surface area contributed by atoms with Crippen LogP contribution in [-0.2, 0) is 0 Å². The van der Waals surface area contributed by atoms with E-state index in [2.05, 4.69) is 63.7 Å². The Hall–Kier alpha value is -2.93. The summed E-state index contributed by atoms with van der Waals surface area (Å²) in [4.78, 5) is 2.47. The molecule has 1 saturated heterocycles. The van der Waals surface area contributed by atoms with Crippen LogP contribution in [0.25, 0.3) is 5.69 Å². The minimum atomic E-state index is -0.0360. The number of piperidine rings is 1. The molecule has 1 atom stereocenters. The third-order valence-corrected chi connectivity index (χ3v) is 5.48. The highest BCUT2D eigenvalue weighted by Crippen LogP contribution is 2.38. The zero-order chi connectivity index (χ0) is 18.9. The second-order valence-corrected chi connectivity index (χ2v) is 7.40. The highest BCUT2D eigenvalue weighted by molar-refractivity contribution is 5.46. The molecule has 5 rings (SSSR count). The van der Waals surface area contributed by atoms with Crippen molar-refractivity contribution < 1.29 is 9.47 Å². The van der Waals surface area contributed by atoms with E-state index >= 15 is 0 Å². The molecule has 2 aliphatic heterocycles. The van der Waals surface area contributed by atoms with Crippen LogP contribution in [0.2, 0.25) is 0 Å². The standard InChI is InChI=1S/C21H23N5O2/c1-15-5-8-17(9-6-15)26-21(22-23-24-26)20(25-11-3-2-4-12-25)16-7-10-18-19(13-16)28-14-27-18/h5-10,13,20H,2-4,11-12,14H2,1H3/t20-/m1/s1. The zero-order valence-corrected chi connectivity index (χ0v) is 15.9. The topological polar surface area (TPSA) is 65.3 Å². The number of tetrazole rings is 1. The van der Waals surface area contributed by atoms with Crippen LogP contribution in [0.15, 0.2) is 42.5 Å². The lowest BCUT2D eigenvalue weighted by molar-refractivity contribution is 0.172. The second-order valence-electron chi connectivity index (χ2n) is 7.40. The van der Waals surface area contributed by atoms with E-state index in [1.165, 1.54) is 24.8 Å². The average Bonchev–Trinajstić information content (AvgIpc) is 3.39. The first-order valence-corrected chi connectivity index (χ1v) is 9.78. The molecular formula is C21H23N5O2. The van der Waals surface area contributed by atoms with Gasteiger partial charge >= 0.3 is 0 Å². The van der Waals surface area contributed by atoms with Gasteiger partial charge in [0.2, 0.25) is 6.79 Å². The minimum absolute atomic E-state index is 0.0360. The van der Waals surface area contributed by atoms with Crippen LogP contribution in [0.3, 0.4) is 0 Å². The van der Waals surface area contributed by atoms with E-state index in [4.69, 9.17) is 9.47 Å². The fourth-order valence-electron chi connectivity index (χ4n) is 4.02. The van der Waals surface area contributed by atoms with Gasteiger partial charge in [-0.05, 0) is 73.1 Å². The maximum absolute atomic E-state index is 5.62. The van der Waals surface area contributed by atoms with Crippen molar-refractivity contribution in [2.75, 3.05) is 19.9 Å². The van der Waals surface area contributed by atoms with Crippen molar-refractivity contribution in [1.29, 1.82) is 0 Å². The Bertz CT molecular complexity index is 963. The third kappa shape index (κ3) is 3.11. The molecule has 144 valence electrons. The molecule has 0 radical (unpaired) electrons. The molecular weight excluding hydrogens is 354 g/mol. The first kappa shape index (κ1) is 17.2. The number of hydrogen-bond donors (Lipinski definition) is 0. The van der Waals surface area contributed by atoms with Gasteiger partial charge in [0.05, 0.1) is 11.7 Å². The van der Waals surface area contributed by atoms with Crippen molar-refractivity contribution in [1.82, 2.24) is 25.1 Å². The number of aromatic nitrogens is 4. The van der Waals surface area contributed by atoms with Gasteiger partial charge in [-0.25, -0.2) is 0 Å². The smallest absolute Gasteiger partial charge is 0.231 e. The van der Waals surface area contributed by atoms with E-state index in [1.54, 1.807) is 0 Å². The normalized spacial score (nSPS) is 17.6. The summed E-state index contributed by atoms with van der Waals surface area (Å²) in [6.45, 7) is 4.40. The van der Waals surface area contributed by atoms with Crippen molar-refractivity contribution >= 4 is 0 Å². The molecule has 1 aromatic heterocycles. The molecule has 3 heterocycles. The number of benzene rings is 2. The van der Waals surface area contributed by atoms with Crippen molar-refractivity contribution in [3.05, 3.63) is 59.4 Å². The summed E-state index contributed by atoms with van der Waals surface area (Å²) in [5.74, 6) is 2.40. The van der Waals surface area contributed by atoms with E-state index in [1.807, 2.05) is 10.7 Å². The monoisotopic (exact) mass is 377 g/mol. The van der Waals surface area contributed by atoms with Crippen molar-refractivity contribution in [3.8, 4) is 17.2 Å². The summed E-state index contributed by atoms with van der Waals surface area (Å²) in [5.41, 5.74) is 3.30. The number of fused-ring (bicyclic) bond motifs is 1. The quantitative estimate of drug-likeness (QED) is 0.695. The summed E-state index contributed by atoms with van der Waals surface area (Å²) in [6, 6.07) is 14.4. The van der Waals surface area contributed by atoms with Crippen LogP contribution < -0.4 is 9.47 Å². The maximum Gasteiger partial charge on any atom is 0.231 e. The van der Waals surface area contributed by atoms with E-state index < -0.39 is 0 Å². The number of rotatable bonds is 4. The Labute approximate surface area is 163 Å². The number of aryl methyl sites for hydroxylation is 1. The summed E-state index contributed by atoms with van der Waals surface area (Å²) in [5, 5.41) is 12.8. The molecule has 7 nitrogen and oxygen atoms in total. The summed E-state index contributed by atoms with van der Waals surface area (Å²) < 4.78 is 13.0. The van der Waals surface area contributed by atoms with E-state index in [9.17, 15) is 0 Å².